The lowest BCUT2D eigenvalue weighted by molar-refractivity contribution is -0.121. The number of amidine groups is 2. The second-order valence-electron chi connectivity index (χ2n) is 5.09. The van der Waals surface area contributed by atoms with Gasteiger partial charge in [-0.2, -0.15) is 0 Å². The Hall–Kier alpha value is -2.24. The van der Waals surface area contributed by atoms with Crippen molar-refractivity contribution in [1.29, 1.82) is 10.8 Å². The van der Waals surface area contributed by atoms with Crippen LogP contribution in [0.4, 0.5) is 0 Å². The molecule has 2 unspecified atom stereocenters. The SMILES string of the molecule is Cc1cccc(C(=N)N2CC(C)N(C=O)C(C)C2=N)n1. The van der Waals surface area contributed by atoms with Gasteiger partial charge in [0, 0.05) is 18.3 Å². The second-order valence-corrected chi connectivity index (χ2v) is 5.09. The summed E-state index contributed by atoms with van der Waals surface area (Å²) in [5.74, 6) is 0.464. The fraction of sp³-hybridized carbons (Fsp3) is 0.429. The van der Waals surface area contributed by atoms with Crippen LogP contribution in [-0.2, 0) is 4.79 Å². The summed E-state index contributed by atoms with van der Waals surface area (Å²) in [5.41, 5.74) is 1.39. The van der Waals surface area contributed by atoms with Gasteiger partial charge < -0.3 is 9.80 Å². The normalized spacial score (nSPS) is 22.9. The molecule has 0 spiro atoms. The zero-order valence-electron chi connectivity index (χ0n) is 11.9. The summed E-state index contributed by atoms with van der Waals surface area (Å²) in [6, 6.07) is 5.12. The molecule has 106 valence electrons. The van der Waals surface area contributed by atoms with Gasteiger partial charge in [-0.25, -0.2) is 4.98 Å². The Kier molecular flexibility index (Phi) is 3.83. The Morgan fingerprint density at radius 2 is 2.15 bits per heavy atom. The van der Waals surface area contributed by atoms with E-state index in [4.69, 9.17) is 10.8 Å². The summed E-state index contributed by atoms with van der Waals surface area (Å²) < 4.78 is 0. The van der Waals surface area contributed by atoms with Crippen LogP contribution in [0, 0.1) is 17.7 Å². The largest absolute Gasteiger partial charge is 0.331 e. The van der Waals surface area contributed by atoms with Crippen molar-refractivity contribution in [2.24, 2.45) is 0 Å². The van der Waals surface area contributed by atoms with Crippen molar-refractivity contribution in [1.82, 2.24) is 14.8 Å². The summed E-state index contributed by atoms with van der Waals surface area (Å²) in [6.45, 7) is 6.03. The molecule has 20 heavy (non-hydrogen) atoms. The lowest BCUT2D eigenvalue weighted by Crippen LogP contribution is -2.60. The summed E-state index contributed by atoms with van der Waals surface area (Å²) >= 11 is 0. The van der Waals surface area contributed by atoms with E-state index in [0.29, 0.717) is 12.2 Å². The monoisotopic (exact) mass is 273 g/mol. The third-order valence-corrected chi connectivity index (χ3v) is 3.61. The highest BCUT2D eigenvalue weighted by Crippen LogP contribution is 2.17. The zero-order chi connectivity index (χ0) is 14.9. The minimum Gasteiger partial charge on any atom is -0.331 e. The first kappa shape index (κ1) is 14.2. The van der Waals surface area contributed by atoms with Crippen LogP contribution in [0.2, 0.25) is 0 Å². The van der Waals surface area contributed by atoms with Crippen molar-refractivity contribution in [3.05, 3.63) is 29.6 Å². The highest BCUT2D eigenvalue weighted by atomic mass is 16.1. The molecule has 2 N–H and O–H groups in total. The molecule has 2 atom stereocenters. The Morgan fingerprint density at radius 3 is 2.75 bits per heavy atom. The number of nitrogens with zero attached hydrogens (tertiary/aromatic N) is 3. The fourth-order valence-corrected chi connectivity index (χ4v) is 2.43. The van der Waals surface area contributed by atoms with E-state index in [1.807, 2.05) is 26.0 Å². The molecule has 0 radical (unpaired) electrons. The van der Waals surface area contributed by atoms with E-state index in [0.717, 1.165) is 12.1 Å². The summed E-state index contributed by atoms with van der Waals surface area (Å²) in [5, 5.41) is 16.4. The number of aryl methyl sites for hydroxylation is 1. The molecule has 0 aromatic carbocycles. The number of piperazine rings is 1. The van der Waals surface area contributed by atoms with Gasteiger partial charge in [-0.3, -0.25) is 15.6 Å². The molecule has 1 amide bonds. The number of nitrogens with one attached hydrogen (secondary N) is 2. The van der Waals surface area contributed by atoms with Crippen molar-refractivity contribution in [2.75, 3.05) is 6.54 Å². The molecule has 0 saturated carbocycles. The average molecular weight is 273 g/mol. The highest BCUT2D eigenvalue weighted by Gasteiger charge is 2.34. The lowest BCUT2D eigenvalue weighted by atomic mass is 10.1. The Morgan fingerprint density at radius 1 is 1.45 bits per heavy atom. The number of amides is 1. The Bertz CT molecular complexity index is 556. The van der Waals surface area contributed by atoms with Gasteiger partial charge >= 0.3 is 0 Å². The summed E-state index contributed by atoms with van der Waals surface area (Å²) in [4.78, 5) is 18.6. The quantitative estimate of drug-likeness (QED) is 0.483. The van der Waals surface area contributed by atoms with Gasteiger partial charge in [0.1, 0.15) is 11.5 Å². The van der Waals surface area contributed by atoms with Crippen molar-refractivity contribution in [3.8, 4) is 0 Å². The molecular formula is C14H19N5O. The predicted octanol–water partition coefficient (Wildman–Crippen LogP) is 1.24. The number of carbonyl (C=O) groups excluding carboxylic acids is 1. The minimum absolute atomic E-state index is 0.0400. The number of carbonyl (C=O) groups is 1. The first-order valence-corrected chi connectivity index (χ1v) is 6.57. The number of pyridine rings is 1. The molecule has 0 bridgehead atoms. The van der Waals surface area contributed by atoms with Gasteiger partial charge in [0.2, 0.25) is 6.41 Å². The van der Waals surface area contributed by atoms with Crippen LogP contribution in [0.25, 0.3) is 0 Å². The van der Waals surface area contributed by atoms with Crippen LogP contribution < -0.4 is 0 Å². The van der Waals surface area contributed by atoms with Crippen molar-refractivity contribution in [3.63, 3.8) is 0 Å². The molecule has 2 heterocycles. The third-order valence-electron chi connectivity index (χ3n) is 3.61. The molecular weight excluding hydrogens is 254 g/mol. The van der Waals surface area contributed by atoms with Gasteiger partial charge in [0.25, 0.3) is 0 Å². The Balaban J connectivity index is 2.27. The number of rotatable bonds is 2. The number of hydrogen-bond acceptors (Lipinski definition) is 4. The molecule has 1 aromatic heterocycles. The van der Waals surface area contributed by atoms with Crippen LogP contribution in [0.5, 0.6) is 0 Å². The first-order valence-electron chi connectivity index (χ1n) is 6.57. The van der Waals surface area contributed by atoms with E-state index in [2.05, 4.69) is 4.98 Å². The summed E-state index contributed by atoms with van der Waals surface area (Å²) in [7, 11) is 0. The molecule has 6 nitrogen and oxygen atoms in total. The van der Waals surface area contributed by atoms with Crippen LogP contribution in [-0.4, -0.2) is 51.5 Å². The fourth-order valence-electron chi connectivity index (χ4n) is 2.43. The lowest BCUT2D eigenvalue weighted by Gasteiger charge is -2.43. The van der Waals surface area contributed by atoms with Gasteiger partial charge in [-0.05, 0) is 32.9 Å². The molecule has 1 fully saturated rings. The van der Waals surface area contributed by atoms with E-state index < -0.39 is 0 Å². The third kappa shape index (κ3) is 2.41. The second kappa shape index (κ2) is 5.40. The molecule has 2 rings (SSSR count). The zero-order valence-corrected chi connectivity index (χ0v) is 11.9. The van der Waals surface area contributed by atoms with Gasteiger partial charge in [0.05, 0.1) is 6.04 Å². The van der Waals surface area contributed by atoms with E-state index in [1.54, 1.807) is 22.8 Å². The topological polar surface area (TPSA) is 84.1 Å². The maximum atomic E-state index is 11.1. The molecule has 1 saturated heterocycles. The van der Waals surface area contributed by atoms with E-state index in [9.17, 15) is 4.79 Å². The predicted molar refractivity (Wildman–Crippen MR) is 77.1 cm³/mol. The van der Waals surface area contributed by atoms with E-state index in [1.165, 1.54) is 0 Å². The van der Waals surface area contributed by atoms with Crippen molar-refractivity contribution >= 4 is 18.1 Å². The number of hydrogen-bond donors (Lipinski definition) is 2. The molecule has 1 aliphatic rings. The van der Waals surface area contributed by atoms with E-state index >= 15 is 0 Å². The van der Waals surface area contributed by atoms with Crippen LogP contribution in [0.1, 0.15) is 25.2 Å². The van der Waals surface area contributed by atoms with E-state index in [-0.39, 0.29) is 23.8 Å². The highest BCUT2D eigenvalue weighted by molar-refractivity contribution is 6.08. The first-order chi connectivity index (χ1) is 9.45. The van der Waals surface area contributed by atoms with Crippen LogP contribution in [0.15, 0.2) is 18.2 Å². The van der Waals surface area contributed by atoms with Crippen LogP contribution in [0.3, 0.4) is 0 Å². The molecule has 1 aromatic rings. The van der Waals surface area contributed by atoms with Crippen LogP contribution >= 0.6 is 0 Å². The molecule has 6 heteroatoms. The number of aromatic nitrogens is 1. The molecule has 0 aliphatic carbocycles. The van der Waals surface area contributed by atoms with Crippen molar-refractivity contribution < 1.29 is 4.79 Å². The maximum absolute atomic E-state index is 11.1. The van der Waals surface area contributed by atoms with Gasteiger partial charge in [-0.15, -0.1) is 0 Å². The maximum Gasteiger partial charge on any atom is 0.210 e. The minimum atomic E-state index is -0.332. The van der Waals surface area contributed by atoms with Gasteiger partial charge in [-0.1, -0.05) is 6.07 Å². The Labute approximate surface area is 118 Å². The smallest absolute Gasteiger partial charge is 0.210 e. The standard InChI is InChI=1S/C14H19N5O/c1-9-5-4-6-12(17-9)14(16)18-7-10(2)19(8-20)11(3)13(18)15/h4-6,8,10-11,15-16H,7H2,1-3H3. The molecule has 1 aliphatic heterocycles. The average Bonchev–Trinajstić information content (AvgIpc) is 2.42. The summed E-state index contributed by atoms with van der Waals surface area (Å²) in [6.07, 6.45) is 0.774. The van der Waals surface area contributed by atoms with Crippen molar-refractivity contribution in [2.45, 2.75) is 32.9 Å². The van der Waals surface area contributed by atoms with Gasteiger partial charge in [0.15, 0.2) is 5.84 Å².